The molecule has 1 amide bonds. The second-order valence-electron chi connectivity index (χ2n) is 6.63. The zero-order chi connectivity index (χ0) is 21.2. The Morgan fingerprint density at radius 1 is 1.10 bits per heavy atom. The molecule has 3 aromatic heterocycles. The van der Waals surface area contributed by atoms with Crippen LogP contribution in [0.4, 0.5) is 10.1 Å². The van der Waals surface area contributed by atoms with Crippen molar-refractivity contribution in [3.63, 3.8) is 0 Å². The van der Waals surface area contributed by atoms with E-state index in [1.807, 2.05) is 30.3 Å². The van der Waals surface area contributed by atoms with Crippen molar-refractivity contribution in [2.45, 2.75) is 0 Å². The molecule has 0 aliphatic heterocycles. The molecule has 0 bridgehead atoms. The van der Waals surface area contributed by atoms with Gasteiger partial charge in [-0.25, -0.2) is 14.4 Å². The van der Waals surface area contributed by atoms with E-state index in [9.17, 15) is 9.18 Å². The first kappa shape index (κ1) is 19.0. The van der Waals surface area contributed by atoms with Gasteiger partial charge >= 0.3 is 0 Å². The number of rotatable bonds is 5. The van der Waals surface area contributed by atoms with E-state index < -0.39 is 5.82 Å². The van der Waals surface area contributed by atoms with Gasteiger partial charge in [0.05, 0.1) is 24.0 Å². The summed E-state index contributed by atoms with van der Waals surface area (Å²) < 4.78 is 21.6. The summed E-state index contributed by atoms with van der Waals surface area (Å²) in [6, 6.07) is 17.5. The molecule has 0 aliphatic rings. The fourth-order valence-corrected chi connectivity index (χ4v) is 4.11. The number of aromatic nitrogens is 3. The Bertz CT molecular complexity index is 1330. The highest BCUT2D eigenvalue weighted by molar-refractivity contribution is 7.17. The van der Waals surface area contributed by atoms with E-state index in [4.69, 9.17) is 4.42 Å². The highest BCUT2D eigenvalue weighted by Gasteiger charge is 2.21. The largest absolute Gasteiger partial charge is 0.462 e. The topological polar surface area (TPSA) is 73.0 Å². The fraction of sp³-hybridized carbons (Fsp3) is 0. The molecule has 0 aliphatic carbocycles. The maximum Gasteiger partial charge on any atom is 0.268 e. The SMILES string of the molecule is O=C(Nc1ccc(-n2ccnc2)c(F)c1)c1sc(-c2ccco2)nc1-c1ccccc1. The third-order valence-corrected chi connectivity index (χ3v) is 5.67. The van der Waals surface area contributed by atoms with Gasteiger partial charge in [0, 0.05) is 23.6 Å². The number of imidazole rings is 1. The average Bonchev–Trinajstić information content (AvgIpc) is 3.55. The minimum absolute atomic E-state index is 0.346. The van der Waals surface area contributed by atoms with Gasteiger partial charge in [-0.15, -0.1) is 11.3 Å². The van der Waals surface area contributed by atoms with Gasteiger partial charge in [-0.2, -0.15) is 0 Å². The number of carbonyl (C=O) groups excluding carboxylic acids is 1. The van der Waals surface area contributed by atoms with Crippen LogP contribution in [0.2, 0.25) is 0 Å². The molecule has 0 saturated heterocycles. The molecule has 8 heteroatoms. The highest BCUT2D eigenvalue weighted by atomic mass is 32.1. The number of nitrogens with zero attached hydrogens (tertiary/aromatic N) is 3. The maximum atomic E-state index is 14.6. The predicted octanol–water partition coefficient (Wildman–Crippen LogP) is 5.65. The first-order chi connectivity index (χ1) is 15.2. The molecule has 0 atom stereocenters. The fourth-order valence-electron chi connectivity index (χ4n) is 3.15. The molecule has 6 nitrogen and oxygen atoms in total. The van der Waals surface area contributed by atoms with Gasteiger partial charge in [0.2, 0.25) is 0 Å². The number of carbonyl (C=O) groups is 1. The summed E-state index contributed by atoms with van der Waals surface area (Å²) in [7, 11) is 0. The number of anilines is 1. The van der Waals surface area contributed by atoms with Crippen LogP contribution in [-0.2, 0) is 0 Å². The van der Waals surface area contributed by atoms with Crippen LogP contribution in [0.5, 0.6) is 0 Å². The van der Waals surface area contributed by atoms with Gasteiger partial charge in [-0.3, -0.25) is 4.79 Å². The minimum atomic E-state index is -0.473. The highest BCUT2D eigenvalue weighted by Crippen LogP contribution is 2.34. The number of halogens is 1. The van der Waals surface area contributed by atoms with E-state index in [0.29, 0.717) is 32.7 Å². The van der Waals surface area contributed by atoms with Crippen molar-refractivity contribution in [3.05, 3.63) is 96.3 Å². The Kier molecular flexibility index (Phi) is 4.89. The summed E-state index contributed by atoms with van der Waals surface area (Å²) in [5, 5.41) is 3.37. The molecule has 0 unspecified atom stereocenters. The van der Waals surface area contributed by atoms with Crippen LogP contribution in [-0.4, -0.2) is 20.4 Å². The van der Waals surface area contributed by atoms with E-state index in [1.54, 1.807) is 47.5 Å². The molecule has 0 spiro atoms. The van der Waals surface area contributed by atoms with Crippen molar-refractivity contribution in [2.24, 2.45) is 0 Å². The van der Waals surface area contributed by atoms with Crippen LogP contribution < -0.4 is 5.32 Å². The van der Waals surface area contributed by atoms with Crippen molar-refractivity contribution in [1.82, 2.24) is 14.5 Å². The number of thiazole rings is 1. The van der Waals surface area contributed by atoms with Crippen LogP contribution in [0, 0.1) is 5.82 Å². The Morgan fingerprint density at radius 2 is 1.97 bits per heavy atom. The van der Waals surface area contributed by atoms with Gasteiger partial charge in [0.1, 0.15) is 10.7 Å². The lowest BCUT2D eigenvalue weighted by atomic mass is 10.1. The Labute approximate surface area is 180 Å². The lowest BCUT2D eigenvalue weighted by Gasteiger charge is -2.08. The number of furan rings is 1. The van der Waals surface area contributed by atoms with Gasteiger partial charge in [-0.1, -0.05) is 30.3 Å². The van der Waals surface area contributed by atoms with Crippen LogP contribution in [0.3, 0.4) is 0 Å². The number of amides is 1. The quantitative estimate of drug-likeness (QED) is 0.391. The molecular formula is C23H15FN4O2S. The normalized spacial score (nSPS) is 10.9. The van der Waals surface area contributed by atoms with Gasteiger partial charge in [0.15, 0.2) is 10.8 Å². The van der Waals surface area contributed by atoms with Crippen LogP contribution in [0.1, 0.15) is 9.67 Å². The van der Waals surface area contributed by atoms with E-state index in [2.05, 4.69) is 15.3 Å². The smallest absolute Gasteiger partial charge is 0.268 e. The molecule has 0 saturated carbocycles. The van der Waals surface area contributed by atoms with Crippen molar-refractivity contribution in [1.29, 1.82) is 0 Å². The summed E-state index contributed by atoms with van der Waals surface area (Å²) in [6.45, 7) is 0. The first-order valence-corrected chi connectivity index (χ1v) is 10.2. The lowest BCUT2D eigenvalue weighted by molar-refractivity contribution is 0.103. The second kappa shape index (κ2) is 8.00. The molecular weight excluding hydrogens is 415 g/mol. The lowest BCUT2D eigenvalue weighted by Crippen LogP contribution is -2.12. The number of hydrogen-bond donors (Lipinski definition) is 1. The van der Waals surface area contributed by atoms with Crippen molar-refractivity contribution < 1.29 is 13.6 Å². The number of nitrogens with one attached hydrogen (secondary N) is 1. The average molecular weight is 430 g/mol. The number of benzene rings is 2. The van der Waals surface area contributed by atoms with Crippen molar-refractivity contribution in [2.75, 3.05) is 5.32 Å². The molecule has 0 fully saturated rings. The van der Waals surface area contributed by atoms with E-state index >= 15 is 0 Å². The Morgan fingerprint density at radius 3 is 2.68 bits per heavy atom. The van der Waals surface area contributed by atoms with Gasteiger partial charge in [-0.05, 0) is 30.3 Å². The molecule has 152 valence electrons. The second-order valence-corrected chi connectivity index (χ2v) is 7.63. The van der Waals surface area contributed by atoms with Crippen LogP contribution >= 0.6 is 11.3 Å². The molecule has 3 heterocycles. The summed E-state index contributed by atoms with van der Waals surface area (Å²) >= 11 is 1.22. The predicted molar refractivity (Wildman–Crippen MR) is 117 cm³/mol. The minimum Gasteiger partial charge on any atom is -0.462 e. The summed E-state index contributed by atoms with van der Waals surface area (Å²) in [5.41, 5.74) is 2.05. The monoisotopic (exact) mass is 430 g/mol. The van der Waals surface area contributed by atoms with Crippen LogP contribution in [0.25, 0.3) is 27.7 Å². The molecule has 0 radical (unpaired) electrons. The molecule has 2 aromatic carbocycles. The maximum absolute atomic E-state index is 14.6. The zero-order valence-electron chi connectivity index (χ0n) is 16.0. The summed E-state index contributed by atoms with van der Waals surface area (Å²) in [4.78, 5) is 22.1. The molecule has 5 aromatic rings. The van der Waals surface area contributed by atoms with Crippen LogP contribution in [0.15, 0.2) is 90.1 Å². The van der Waals surface area contributed by atoms with Crippen molar-refractivity contribution >= 4 is 22.9 Å². The third-order valence-electron chi connectivity index (χ3n) is 4.60. The summed E-state index contributed by atoms with van der Waals surface area (Å²) in [6.07, 6.45) is 6.29. The molecule has 1 N–H and O–H groups in total. The first-order valence-electron chi connectivity index (χ1n) is 9.38. The third kappa shape index (κ3) is 3.76. The van der Waals surface area contributed by atoms with E-state index in [-0.39, 0.29) is 5.91 Å². The molecule has 31 heavy (non-hydrogen) atoms. The van der Waals surface area contributed by atoms with E-state index in [0.717, 1.165) is 5.56 Å². The molecule has 5 rings (SSSR count). The standard InChI is InChI=1S/C23H15FN4O2S/c24-17-13-16(8-9-18(17)28-11-10-25-14-28)26-22(29)21-20(15-5-2-1-3-6-15)27-23(31-21)19-7-4-12-30-19/h1-14H,(H,26,29). The summed E-state index contributed by atoms with van der Waals surface area (Å²) in [5.74, 6) is -0.263. The Hall–Kier alpha value is -4.04. The Balaban J connectivity index is 1.48. The zero-order valence-corrected chi connectivity index (χ0v) is 16.8. The van der Waals surface area contributed by atoms with Gasteiger partial charge < -0.3 is 14.3 Å². The van der Waals surface area contributed by atoms with Crippen molar-refractivity contribution in [3.8, 4) is 27.7 Å². The number of hydrogen-bond acceptors (Lipinski definition) is 5. The van der Waals surface area contributed by atoms with E-state index in [1.165, 1.54) is 23.7 Å². The van der Waals surface area contributed by atoms with Gasteiger partial charge in [0.25, 0.3) is 5.91 Å².